The van der Waals surface area contributed by atoms with Crippen molar-refractivity contribution in [2.24, 2.45) is 0 Å². The molecule has 260 valence electrons. The second-order valence-corrected chi connectivity index (χ2v) is 17.8. The molecule has 3 nitrogen and oxygen atoms in total. The average molecular weight is 696 g/mol. The van der Waals surface area contributed by atoms with Crippen molar-refractivity contribution in [1.82, 2.24) is 13.7 Å². The fraction of sp³-hybridized carbons (Fsp3) is 0.176. The van der Waals surface area contributed by atoms with Crippen molar-refractivity contribution in [1.29, 1.82) is 0 Å². The van der Waals surface area contributed by atoms with Crippen molar-refractivity contribution >= 4 is 65.4 Å². The molecular formula is C51H41N3. The van der Waals surface area contributed by atoms with E-state index >= 15 is 0 Å². The SMILES string of the molecule is CC(C)(C)c1ccc2c(c1)c1cc(C(C)(C)C)ccc1n2-c1ccc2c3c1-n1c4ccccc4c4cccc(c41)C3c1cccc3c4ccccc4n-2c13. The van der Waals surface area contributed by atoms with Gasteiger partial charge in [0, 0.05) is 43.8 Å². The van der Waals surface area contributed by atoms with E-state index < -0.39 is 0 Å². The molecule has 0 amide bonds. The molecule has 2 aliphatic rings. The molecule has 3 heteroatoms. The van der Waals surface area contributed by atoms with E-state index in [1.807, 2.05) is 0 Å². The van der Waals surface area contributed by atoms with E-state index in [0.717, 1.165) is 0 Å². The highest BCUT2D eigenvalue weighted by atomic mass is 15.1. The van der Waals surface area contributed by atoms with Gasteiger partial charge in [-0.25, -0.2) is 0 Å². The van der Waals surface area contributed by atoms with Crippen LogP contribution in [0.4, 0.5) is 0 Å². The van der Waals surface area contributed by atoms with Gasteiger partial charge in [0.25, 0.3) is 0 Å². The Labute approximate surface area is 314 Å². The summed E-state index contributed by atoms with van der Waals surface area (Å²) in [4.78, 5) is 0. The molecule has 0 aliphatic carbocycles. The second kappa shape index (κ2) is 9.92. The summed E-state index contributed by atoms with van der Waals surface area (Å²) in [5, 5.41) is 7.87. The van der Waals surface area contributed by atoms with E-state index in [2.05, 4.69) is 189 Å². The van der Waals surface area contributed by atoms with Gasteiger partial charge in [-0.05, 0) is 81.6 Å². The summed E-state index contributed by atoms with van der Waals surface area (Å²) < 4.78 is 7.76. The lowest BCUT2D eigenvalue weighted by molar-refractivity contribution is 0.590. The highest BCUT2D eigenvalue weighted by Crippen LogP contribution is 2.56. The first-order valence-electron chi connectivity index (χ1n) is 19.4. The molecular weight excluding hydrogens is 655 g/mol. The fourth-order valence-electron chi connectivity index (χ4n) is 10.2. The third-order valence-corrected chi connectivity index (χ3v) is 12.7. The first kappa shape index (κ1) is 30.4. The van der Waals surface area contributed by atoms with Crippen molar-refractivity contribution in [3.63, 3.8) is 0 Å². The van der Waals surface area contributed by atoms with Gasteiger partial charge in [-0.2, -0.15) is 0 Å². The number of fused-ring (bicyclic) bond motifs is 13. The molecule has 0 saturated heterocycles. The maximum Gasteiger partial charge on any atom is 0.0765 e. The Morgan fingerprint density at radius 1 is 0.389 bits per heavy atom. The van der Waals surface area contributed by atoms with Crippen LogP contribution in [0.5, 0.6) is 0 Å². The minimum Gasteiger partial charge on any atom is -0.309 e. The first-order chi connectivity index (χ1) is 26.1. The predicted octanol–water partition coefficient (Wildman–Crippen LogP) is 13.4. The lowest BCUT2D eigenvalue weighted by Crippen LogP contribution is -2.23. The smallest absolute Gasteiger partial charge is 0.0765 e. The maximum atomic E-state index is 2.62. The highest BCUT2D eigenvalue weighted by molar-refractivity contribution is 6.16. The molecule has 0 spiro atoms. The Bertz CT molecular complexity index is 3220. The molecule has 0 fully saturated rings. The zero-order valence-electron chi connectivity index (χ0n) is 31.6. The number of rotatable bonds is 1. The molecule has 7 aromatic carbocycles. The van der Waals surface area contributed by atoms with Gasteiger partial charge in [0.2, 0.25) is 0 Å². The van der Waals surface area contributed by atoms with Gasteiger partial charge in [-0.3, -0.25) is 0 Å². The van der Waals surface area contributed by atoms with Crippen LogP contribution in [0.25, 0.3) is 82.5 Å². The van der Waals surface area contributed by atoms with Gasteiger partial charge in [-0.15, -0.1) is 0 Å². The zero-order chi connectivity index (χ0) is 36.4. The number of aromatic nitrogens is 3. The highest BCUT2D eigenvalue weighted by Gasteiger charge is 2.40. The van der Waals surface area contributed by atoms with Crippen LogP contribution in [0.1, 0.15) is 75.3 Å². The molecule has 54 heavy (non-hydrogen) atoms. The number of para-hydroxylation sites is 4. The summed E-state index contributed by atoms with van der Waals surface area (Å²) in [5.41, 5.74) is 18.3. The number of nitrogens with zero attached hydrogens (tertiary/aromatic N) is 3. The van der Waals surface area contributed by atoms with Crippen molar-refractivity contribution < 1.29 is 0 Å². The van der Waals surface area contributed by atoms with Crippen LogP contribution in [0, 0.1) is 0 Å². The summed E-state index contributed by atoms with van der Waals surface area (Å²) in [7, 11) is 0. The van der Waals surface area contributed by atoms with Crippen LogP contribution in [0.2, 0.25) is 0 Å². The molecule has 1 unspecified atom stereocenters. The molecule has 5 heterocycles. The third kappa shape index (κ3) is 3.67. The Morgan fingerprint density at radius 3 is 1.41 bits per heavy atom. The minimum absolute atomic E-state index is 0.0346. The van der Waals surface area contributed by atoms with Crippen LogP contribution in [0.15, 0.2) is 133 Å². The van der Waals surface area contributed by atoms with Crippen LogP contribution in [-0.2, 0) is 10.8 Å². The number of hydrogen-bond donors (Lipinski definition) is 0. The van der Waals surface area contributed by atoms with E-state index in [0.29, 0.717) is 0 Å². The quantitative estimate of drug-likeness (QED) is 0.162. The summed E-state index contributed by atoms with van der Waals surface area (Å²) in [5.74, 6) is 0.0871. The standard InChI is InChI=1S/C51H41N3/c1-50(2,3)29-21-23-41-37(27-29)38-28-30(51(4,5)6)22-24-42(38)52(41)44-26-25-43-46-45(35-17-11-15-33-31-13-7-9-19-39(31)53(43)47(33)35)36-18-12-16-34-32-14-8-10-20-40(32)54(48(34)36)49(44)46/h7-28,45H,1-6H3. The largest absolute Gasteiger partial charge is 0.309 e. The maximum absolute atomic E-state index is 2.62. The zero-order valence-corrected chi connectivity index (χ0v) is 31.6. The van der Waals surface area contributed by atoms with E-state index in [4.69, 9.17) is 0 Å². The van der Waals surface area contributed by atoms with E-state index in [1.165, 1.54) is 110 Å². The summed E-state index contributed by atoms with van der Waals surface area (Å²) >= 11 is 0. The second-order valence-electron chi connectivity index (χ2n) is 17.8. The van der Waals surface area contributed by atoms with E-state index in [9.17, 15) is 0 Å². The van der Waals surface area contributed by atoms with Crippen molar-refractivity contribution in [2.75, 3.05) is 0 Å². The van der Waals surface area contributed by atoms with Crippen LogP contribution < -0.4 is 0 Å². The van der Waals surface area contributed by atoms with Crippen molar-refractivity contribution in [3.8, 4) is 17.1 Å². The number of hydrogen-bond acceptors (Lipinski definition) is 0. The number of benzene rings is 7. The Kier molecular flexibility index (Phi) is 5.58. The Hall–Kier alpha value is -6.06. The van der Waals surface area contributed by atoms with Gasteiger partial charge in [0.05, 0.1) is 50.2 Å². The summed E-state index contributed by atoms with van der Waals surface area (Å²) in [6, 6.07) is 51.2. The van der Waals surface area contributed by atoms with Gasteiger partial charge in [-0.1, -0.05) is 126 Å². The normalized spacial score (nSPS) is 15.0. The molecule has 0 bridgehead atoms. The lowest BCUT2D eigenvalue weighted by atomic mass is 9.77. The molecule has 0 radical (unpaired) electrons. The topological polar surface area (TPSA) is 14.8 Å². The molecule has 3 aromatic heterocycles. The monoisotopic (exact) mass is 695 g/mol. The first-order valence-corrected chi connectivity index (χ1v) is 19.4. The molecule has 2 aliphatic heterocycles. The fourth-order valence-corrected chi connectivity index (χ4v) is 10.2. The third-order valence-electron chi connectivity index (χ3n) is 12.7. The van der Waals surface area contributed by atoms with E-state index in [-0.39, 0.29) is 16.7 Å². The van der Waals surface area contributed by atoms with Crippen LogP contribution in [-0.4, -0.2) is 13.7 Å². The van der Waals surface area contributed by atoms with Crippen LogP contribution >= 0.6 is 0 Å². The van der Waals surface area contributed by atoms with Gasteiger partial charge in [0.1, 0.15) is 0 Å². The van der Waals surface area contributed by atoms with Gasteiger partial charge in [0.15, 0.2) is 0 Å². The van der Waals surface area contributed by atoms with Gasteiger partial charge >= 0.3 is 0 Å². The van der Waals surface area contributed by atoms with Crippen molar-refractivity contribution in [3.05, 3.63) is 161 Å². The minimum atomic E-state index is 0.0346. The summed E-state index contributed by atoms with van der Waals surface area (Å²) in [6.45, 7) is 13.9. The lowest BCUT2D eigenvalue weighted by Gasteiger charge is -2.36. The van der Waals surface area contributed by atoms with Crippen molar-refractivity contribution in [2.45, 2.75) is 58.3 Å². The van der Waals surface area contributed by atoms with Gasteiger partial charge < -0.3 is 13.7 Å². The molecule has 0 N–H and O–H groups in total. The molecule has 1 atom stereocenters. The Morgan fingerprint density at radius 2 is 0.852 bits per heavy atom. The predicted molar refractivity (Wildman–Crippen MR) is 228 cm³/mol. The Balaban J connectivity index is 1.30. The molecule has 0 saturated carbocycles. The molecule has 10 aromatic rings. The average Bonchev–Trinajstić information content (AvgIpc) is 3.80. The summed E-state index contributed by atoms with van der Waals surface area (Å²) in [6.07, 6.45) is 0. The van der Waals surface area contributed by atoms with E-state index in [1.54, 1.807) is 0 Å². The van der Waals surface area contributed by atoms with Crippen LogP contribution in [0.3, 0.4) is 0 Å². The molecule has 12 rings (SSSR count).